The fourth-order valence-electron chi connectivity index (χ4n) is 5.23. The first-order chi connectivity index (χ1) is 17.3. The summed E-state index contributed by atoms with van der Waals surface area (Å²) in [5.41, 5.74) is 5.45. The molecule has 196 valence electrons. The van der Waals surface area contributed by atoms with Gasteiger partial charge in [-0.05, 0) is 55.2 Å². The zero-order valence-corrected chi connectivity index (χ0v) is 22.6. The maximum atomic E-state index is 13.8. The molecule has 0 aromatic heterocycles. The Labute approximate surface area is 216 Å². The Hall–Kier alpha value is -2.64. The standard InChI is InChI=1S/C29H42N4O3/c1-6-32(7-2)29(35)36-27-11-10-23(21(3)4)17-26(27)28(34)33-19-24-9-8-22(16-25(24)20-33)18-31-14-12-30(5)13-15-31/h8-10,16-17,21,27H,6-7,11-15,18-20H2,1-5H3. The molecule has 7 nitrogen and oxygen atoms in total. The van der Waals surface area contributed by atoms with Crippen LogP contribution in [0.3, 0.4) is 0 Å². The molecular weight excluding hydrogens is 452 g/mol. The van der Waals surface area contributed by atoms with Crippen molar-refractivity contribution in [2.45, 2.75) is 59.9 Å². The normalized spacial score (nSPS) is 20.7. The molecule has 0 saturated carbocycles. The van der Waals surface area contributed by atoms with Crippen LogP contribution in [0.4, 0.5) is 4.79 Å². The van der Waals surface area contributed by atoms with Crippen LogP contribution in [0, 0.1) is 5.92 Å². The number of allylic oxidation sites excluding steroid dienone is 2. The van der Waals surface area contributed by atoms with Crippen LogP contribution < -0.4 is 0 Å². The largest absolute Gasteiger partial charge is 0.441 e. The predicted octanol–water partition coefficient (Wildman–Crippen LogP) is 4.04. The van der Waals surface area contributed by atoms with E-state index in [1.807, 2.05) is 24.8 Å². The van der Waals surface area contributed by atoms with Crippen molar-refractivity contribution in [2.24, 2.45) is 5.92 Å². The lowest BCUT2D eigenvalue weighted by Crippen LogP contribution is -2.43. The maximum absolute atomic E-state index is 13.8. The van der Waals surface area contributed by atoms with Gasteiger partial charge in [-0.1, -0.05) is 38.1 Å². The van der Waals surface area contributed by atoms with Gasteiger partial charge >= 0.3 is 6.09 Å². The minimum Gasteiger partial charge on any atom is -0.441 e. The van der Waals surface area contributed by atoms with Crippen molar-refractivity contribution in [3.05, 3.63) is 58.2 Å². The maximum Gasteiger partial charge on any atom is 0.410 e. The van der Waals surface area contributed by atoms with E-state index in [9.17, 15) is 9.59 Å². The number of fused-ring (bicyclic) bond motifs is 1. The van der Waals surface area contributed by atoms with Crippen molar-refractivity contribution in [2.75, 3.05) is 46.3 Å². The summed E-state index contributed by atoms with van der Waals surface area (Å²) in [4.78, 5) is 34.9. The van der Waals surface area contributed by atoms with E-state index in [1.165, 1.54) is 16.7 Å². The zero-order chi connectivity index (χ0) is 25.8. The Bertz CT molecular complexity index is 1020. The molecule has 1 aromatic carbocycles. The molecule has 0 radical (unpaired) electrons. The molecule has 1 atom stereocenters. The number of rotatable bonds is 7. The molecule has 1 aliphatic carbocycles. The lowest BCUT2D eigenvalue weighted by Gasteiger charge is -2.32. The average molecular weight is 495 g/mol. The molecule has 1 unspecified atom stereocenters. The molecule has 1 aromatic rings. The van der Waals surface area contributed by atoms with Crippen molar-refractivity contribution < 1.29 is 14.3 Å². The second-order valence-electron chi connectivity index (χ2n) is 10.6. The van der Waals surface area contributed by atoms with E-state index in [4.69, 9.17) is 4.74 Å². The van der Waals surface area contributed by atoms with Crippen LogP contribution in [0.2, 0.25) is 0 Å². The van der Waals surface area contributed by atoms with Crippen LogP contribution >= 0.6 is 0 Å². The number of hydrogen-bond acceptors (Lipinski definition) is 5. The number of nitrogens with zero attached hydrogens (tertiary/aromatic N) is 4. The predicted molar refractivity (Wildman–Crippen MR) is 142 cm³/mol. The molecule has 0 spiro atoms. The van der Waals surface area contributed by atoms with Crippen LogP contribution in [0.15, 0.2) is 41.5 Å². The van der Waals surface area contributed by atoms with Crippen LogP contribution in [-0.2, 0) is 29.2 Å². The summed E-state index contributed by atoms with van der Waals surface area (Å²) < 4.78 is 5.86. The first-order valence-corrected chi connectivity index (χ1v) is 13.5. The third kappa shape index (κ3) is 6.01. The lowest BCUT2D eigenvalue weighted by atomic mass is 9.90. The molecule has 4 rings (SSSR count). The molecular formula is C29H42N4O3. The number of piperazine rings is 1. The number of carbonyl (C=O) groups is 2. The van der Waals surface area contributed by atoms with Crippen molar-refractivity contribution in [3.63, 3.8) is 0 Å². The minimum absolute atomic E-state index is 0.0320. The minimum atomic E-state index is -0.551. The van der Waals surface area contributed by atoms with Crippen molar-refractivity contribution in [1.82, 2.24) is 19.6 Å². The lowest BCUT2D eigenvalue weighted by molar-refractivity contribution is -0.128. The second kappa shape index (κ2) is 11.6. The summed E-state index contributed by atoms with van der Waals surface area (Å²) in [6.07, 6.45) is 3.69. The van der Waals surface area contributed by atoms with Crippen molar-refractivity contribution >= 4 is 12.0 Å². The molecule has 1 saturated heterocycles. The van der Waals surface area contributed by atoms with E-state index in [2.05, 4.69) is 55.0 Å². The Morgan fingerprint density at radius 3 is 2.42 bits per heavy atom. The van der Waals surface area contributed by atoms with Crippen LogP contribution in [0.1, 0.15) is 50.8 Å². The van der Waals surface area contributed by atoms with Gasteiger partial charge in [-0.25, -0.2) is 4.79 Å². The monoisotopic (exact) mass is 494 g/mol. The van der Waals surface area contributed by atoms with Gasteiger partial charge in [-0.15, -0.1) is 0 Å². The Balaban J connectivity index is 1.47. The van der Waals surface area contributed by atoms with E-state index in [0.717, 1.165) is 38.3 Å². The van der Waals surface area contributed by atoms with E-state index in [1.54, 1.807) is 4.90 Å². The Morgan fingerprint density at radius 1 is 1.06 bits per heavy atom. The van der Waals surface area contributed by atoms with Gasteiger partial charge in [0, 0.05) is 65.3 Å². The topological polar surface area (TPSA) is 56.3 Å². The molecule has 2 aliphatic heterocycles. The van der Waals surface area contributed by atoms with Gasteiger partial charge in [-0.3, -0.25) is 9.69 Å². The van der Waals surface area contributed by atoms with Gasteiger partial charge in [0.25, 0.3) is 5.91 Å². The highest BCUT2D eigenvalue weighted by atomic mass is 16.6. The first-order valence-electron chi connectivity index (χ1n) is 13.5. The van der Waals surface area contributed by atoms with E-state index in [-0.39, 0.29) is 12.0 Å². The summed E-state index contributed by atoms with van der Waals surface area (Å²) in [7, 11) is 2.18. The third-order valence-electron chi connectivity index (χ3n) is 7.70. The molecule has 2 heterocycles. The first kappa shape index (κ1) is 26.4. The summed E-state index contributed by atoms with van der Waals surface area (Å²) in [5.74, 6) is 0.274. The van der Waals surface area contributed by atoms with Gasteiger partial charge < -0.3 is 19.4 Å². The Morgan fingerprint density at radius 2 is 1.75 bits per heavy atom. The number of hydrogen-bond donors (Lipinski definition) is 0. The molecule has 0 bridgehead atoms. The molecule has 3 aliphatic rings. The van der Waals surface area contributed by atoms with Gasteiger partial charge in [0.1, 0.15) is 6.10 Å². The van der Waals surface area contributed by atoms with Gasteiger partial charge in [-0.2, -0.15) is 0 Å². The highest BCUT2D eigenvalue weighted by molar-refractivity contribution is 5.96. The highest BCUT2D eigenvalue weighted by Gasteiger charge is 2.34. The van der Waals surface area contributed by atoms with Crippen molar-refractivity contribution in [1.29, 1.82) is 0 Å². The highest BCUT2D eigenvalue weighted by Crippen LogP contribution is 2.31. The van der Waals surface area contributed by atoms with Crippen LogP contribution in [0.5, 0.6) is 0 Å². The zero-order valence-electron chi connectivity index (χ0n) is 22.6. The number of benzene rings is 1. The summed E-state index contributed by atoms with van der Waals surface area (Å²) in [5, 5.41) is 0. The quantitative estimate of drug-likeness (QED) is 0.573. The fourth-order valence-corrected chi connectivity index (χ4v) is 5.23. The molecule has 7 heteroatoms. The average Bonchev–Trinajstić information content (AvgIpc) is 3.29. The van der Waals surface area contributed by atoms with Crippen molar-refractivity contribution in [3.8, 4) is 0 Å². The third-order valence-corrected chi connectivity index (χ3v) is 7.70. The molecule has 2 amide bonds. The molecule has 36 heavy (non-hydrogen) atoms. The molecule has 1 fully saturated rings. The number of likely N-dealkylation sites (N-methyl/N-ethyl adjacent to an activating group) is 1. The van der Waals surface area contributed by atoms with Gasteiger partial charge in [0.15, 0.2) is 0 Å². The smallest absolute Gasteiger partial charge is 0.410 e. The second-order valence-corrected chi connectivity index (χ2v) is 10.6. The van der Waals surface area contributed by atoms with Crippen LogP contribution in [0.25, 0.3) is 0 Å². The number of ether oxygens (including phenoxy) is 1. The van der Waals surface area contributed by atoms with Gasteiger partial charge in [0.2, 0.25) is 0 Å². The van der Waals surface area contributed by atoms with E-state index >= 15 is 0 Å². The summed E-state index contributed by atoms with van der Waals surface area (Å²) >= 11 is 0. The summed E-state index contributed by atoms with van der Waals surface area (Å²) in [6, 6.07) is 6.66. The number of amides is 2. The van der Waals surface area contributed by atoms with Crippen LogP contribution in [-0.4, -0.2) is 84.0 Å². The number of carbonyl (C=O) groups excluding carboxylic acids is 2. The fraction of sp³-hybridized carbons (Fsp3) is 0.586. The van der Waals surface area contributed by atoms with E-state index in [0.29, 0.717) is 44.1 Å². The Kier molecular flexibility index (Phi) is 8.52. The summed E-state index contributed by atoms with van der Waals surface area (Å²) in [6.45, 7) is 15.8. The SMILES string of the molecule is CCN(CC)C(=O)OC1CC=C(C(C)C)C=C1C(=O)N1Cc2ccc(CN3CCN(C)CC3)cc2C1. The van der Waals surface area contributed by atoms with Gasteiger partial charge in [0.05, 0.1) is 5.57 Å². The van der Waals surface area contributed by atoms with E-state index < -0.39 is 6.10 Å². The molecule has 0 N–H and O–H groups in total.